The van der Waals surface area contributed by atoms with Gasteiger partial charge in [0.15, 0.2) is 5.82 Å². The van der Waals surface area contributed by atoms with Crippen LogP contribution < -0.4 is 15.4 Å². The smallest absolute Gasteiger partial charge is 0.153 e. The van der Waals surface area contributed by atoms with Gasteiger partial charge in [-0.1, -0.05) is 29.8 Å². The zero-order chi connectivity index (χ0) is 14.8. The summed E-state index contributed by atoms with van der Waals surface area (Å²) in [5.74, 6) is 1.87. The van der Waals surface area contributed by atoms with Gasteiger partial charge in [0.1, 0.15) is 22.9 Å². The number of nitrogens with zero attached hydrogens (tertiary/aromatic N) is 3. The molecule has 0 unspecified atom stereocenters. The molecule has 5 nitrogen and oxygen atoms in total. The van der Waals surface area contributed by atoms with Crippen LogP contribution in [0, 0.1) is 0 Å². The molecule has 2 aromatic rings. The molecule has 3 rings (SSSR count). The number of nitrogens with two attached hydrogens (primary N) is 1. The molecule has 1 fully saturated rings. The first-order valence-electron chi connectivity index (χ1n) is 6.85. The van der Waals surface area contributed by atoms with Crippen molar-refractivity contribution in [1.82, 2.24) is 9.97 Å². The molecule has 2 N–H and O–H groups in total. The van der Waals surface area contributed by atoms with Gasteiger partial charge in [0, 0.05) is 18.2 Å². The number of halogens is 1. The van der Waals surface area contributed by atoms with Crippen molar-refractivity contribution in [1.29, 1.82) is 0 Å². The third-order valence-electron chi connectivity index (χ3n) is 3.59. The molecule has 1 aliphatic carbocycles. The van der Waals surface area contributed by atoms with Crippen LogP contribution in [0.2, 0.25) is 5.02 Å². The van der Waals surface area contributed by atoms with Crippen molar-refractivity contribution in [2.45, 2.75) is 25.4 Å². The van der Waals surface area contributed by atoms with E-state index in [1.165, 1.54) is 6.33 Å². The Hall–Kier alpha value is -2.01. The van der Waals surface area contributed by atoms with Gasteiger partial charge in [0.05, 0.1) is 7.11 Å². The van der Waals surface area contributed by atoms with E-state index in [2.05, 4.69) is 14.9 Å². The minimum Gasteiger partial charge on any atom is -0.496 e. The Balaban J connectivity index is 1.94. The Morgan fingerprint density at radius 3 is 2.81 bits per heavy atom. The Bertz CT molecular complexity index is 645. The summed E-state index contributed by atoms with van der Waals surface area (Å²) >= 11 is 6.28. The molecule has 0 aliphatic heterocycles. The standard InChI is InChI=1S/C15H17ClN4O/c1-21-12-5-3-2-4-10(12)8-20(11-6-7-11)15-13(16)14(17)18-9-19-15/h2-5,9,11H,6-8H2,1H3,(H2,17,18,19). The third kappa shape index (κ3) is 2.88. The monoisotopic (exact) mass is 304 g/mol. The molecule has 0 atom stereocenters. The summed E-state index contributed by atoms with van der Waals surface area (Å²) < 4.78 is 5.42. The molecule has 0 radical (unpaired) electrons. The SMILES string of the molecule is COc1ccccc1CN(c1ncnc(N)c1Cl)C1CC1. The largest absolute Gasteiger partial charge is 0.496 e. The maximum absolute atomic E-state index is 6.28. The molecule has 1 saturated carbocycles. The lowest BCUT2D eigenvalue weighted by Crippen LogP contribution is -2.27. The molecule has 110 valence electrons. The van der Waals surface area contributed by atoms with Crippen molar-refractivity contribution in [2.75, 3.05) is 17.7 Å². The van der Waals surface area contributed by atoms with E-state index in [1.807, 2.05) is 24.3 Å². The second-order valence-electron chi connectivity index (χ2n) is 5.07. The van der Waals surface area contributed by atoms with E-state index in [4.69, 9.17) is 22.1 Å². The number of nitrogen functional groups attached to an aromatic ring is 1. The molecule has 0 spiro atoms. The van der Waals surface area contributed by atoms with E-state index in [1.54, 1.807) is 7.11 Å². The second-order valence-corrected chi connectivity index (χ2v) is 5.45. The van der Waals surface area contributed by atoms with Gasteiger partial charge >= 0.3 is 0 Å². The first-order valence-corrected chi connectivity index (χ1v) is 7.23. The number of hydrogen-bond donors (Lipinski definition) is 1. The molecule has 1 aromatic heterocycles. The minimum absolute atomic E-state index is 0.312. The van der Waals surface area contributed by atoms with Crippen molar-refractivity contribution in [3.05, 3.63) is 41.2 Å². The first kappa shape index (κ1) is 13.9. The molecule has 21 heavy (non-hydrogen) atoms. The van der Waals surface area contributed by atoms with Gasteiger partial charge in [-0.2, -0.15) is 0 Å². The highest BCUT2D eigenvalue weighted by molar-refractivity contribution is 6.35. The number of hydrogen-bond acceptors (Lipinski definition) is 5. The molecular formula is C15H17ClN4O. The van der Waals surface area contributed by atoms with Crippen LogP contribution in [0.3, 0.4) is 0 Å². The van der Waals surface area contributed by atoms with Crippen LogP contribution in [0.4, 0.5) is 11.6 Å². The van der Waals surface area contributed by atoms with Crippen LogP contribution in [0.15, 0.2) is 30.6 Å². The number of aromatic nitrogens is 2. The number of rotatable bonds is 5. The molecule has 1 aromatic carbocycles. The lowest BCUT2D eigenvalue weighted by atomic mass is 10.2. The highest BCUT2D eigenvalue weighted by Gasteiger charge is 2.32. The average molecular weight is 305 g/mol. The summed E-state index contributed by atoms with van der Waals surface area (Å²) in [6.07, 6.45) is 3.72. The van der Waals surface area contributed by atoms with Crippen LogP contribution >= 0.6 is 11.6 Å². The van der Waals surface area contributed by atoms with Gasteiger partial charge in [0.25, 0.3) is 0 Å². The van der Waals surface area contributed by atoms with Crippen LogP contribution in [0.1, 0.15) is 18.4 Å². The fraction of sp³-hybridized carbons (Fsp3) is 0.333. The summed E-state index contributed by atoms with van der Waals surface area (Å²) in [6.45, 7) is 0.685. The second kappa shape index (κ2) is 5.77. The van der Waals surface area contributed by atoms with Crippen molar-refractivity contribution in [3.8, 4) is 5.75 Å². The number of para-hydroxylation sites is 1. The van der Waals surface area contributed by atoms with Crippen LogP contribution in [0.25, 0.3) is 0 Å². The molecule has 0 bridgehead atoms. The van der Waals surface area contributed by atoms with Crippen LogP contribution in [-0.2, 0) is 6.54 Å². The van der Waals surface area contributed by atoms with Gasteiger partial charge in [-0.05, 0) is 18.9 Å². The van der Waals surface area contributed by atoms with Crippen molar-refractivity contribution >= 4 is 23.2 Å². The van der Waals surface area contributed by atoms with E-state index in [0.29, 0.717) is 29.2 Å². The lowest BCUT2D eigenvalue weighted by molar-refractivity contribution is 0.409. The molecule has 6 heteroatoms. The van der Waals surface area contributed by atoms with Gasteiger partial charge in [-0.25, -0.2) is 9.97 Å². The predicted octanol–water partition coefficient (Wildman–Crippen LogP) is 2.89. The van der Waals surface area contributed by atoms with E-state index in [0.717, 1.165) is 24.2 Å². The number of benzene rings is 1. The zero-order valence-corrected chi connectivity index (χ0v) is 12.5. The van der Waals surface area contributed by atoms with E-state index < -0.39 is 0 Å². The Kier molecular flexibility index (Phi) is 3.84. The van der Waals surface area contributed by atoms with E-state index in [-0.39, 0.29) is 0 Å². The Morgan fingerprint density at radius 1 is 1.33 bits per heavy atom. The van der Waals surface area contributed by atoms with Gasteiger partial charge in [-0.15, -0.1) is 0 Å². The summed E-state index contributed by atoms with van der Waals surface area (Å²) in [5.41, 5.74) is 6.89. The Labute approximate surface area is 128 Å². The highest BCUT2D eigenvalue weighted by Crippen LogP contribution is 2.37. The zero-order valence-electron chi connectivity index (χ0n) is 11.8. The van der Waals surface area contributed by atoms with Crippen LogP contribution in [0.5, 0.6) is 5.75 Å². The maximum Gasteiger partial charge on any atom is 0.153 e. The topological polar surface area (TPSA) is 64.3 Å². The third-order valence-corrected chi connectivity index (χ3v) is 3.95. The van der Waals surface area contributed by atoms with Crippen molar-refractivity contribution in [3.63, 3.8) is 0 Å². The van der Waals surface area contributed by atoms with E-state index in [9.17, 15) is 0 Å². The fourth-order valence-electron chi connectivity index (χ4n) is 2.35. The van der Waals surface area contributed by atoms with Crippen LogP contribution in [-0.4, -0.2) is 23.1 Å². The quantitative estimate of drug-likeness (QED) is 0.920. The number of ether oxygens (including phenoxy) is 1. The summed E-state index contributed by atoms with van der Waals surface area (Å²) in [4.78, 5) is 10.4. The van der Waals surface area contributed by atoms with Gasteiger partial charge < -0.3 is 15.4 Å². The normalized spacial score (nSPS) is 14.0. The highest BCUT2D eigenvalue weighted by atomic mass is 35.5. The molecule has 0 saturated heterocycles. The minimum atomic E-state index is 0.312. The molecular weight excluding hydrogens is 288 g/mol. The van der Waals surface area contributed by atoms with Gasteiger partial charge in [-0.3, -0.25) is 0 Å². The lowest BCUT2D eigenvalue weighted by Gasteiger charge is -2.25. The maximum atomic E-state index is 6.28. The number of anilines is 2. The fourth-order valence-corrected chi connectivity index (χ4v) is 2.56. The molecule has 0 amide bonds. The first-order chi connectivity index (χ1) is 10.2. The Morgan fingerprint density at radius 2 is 2.10 bits per heavy atom. The van der Waals surface area contributed by atoms with Crippen molar-refractivity contribution in [2.24, 2.45) is 0 Å². The van der Waals surface area contributed by atoms with Crippen molar-refractivity contribution < 1.29 is 4.74 Å². The molecule has 1 aliphatic rings. The summed E-state index contributed by atoms with van der Waals surface area (Å²) in [7, 11) is 1.68. The molecule has 1 heterocycles. The summed E-state index contributed by atoms with van der Waals surface area (Å²) in [6, 6.07) is 8.41. The predicted molar refractivity (Wildman–Crippen MR) is 83.7 cm³/mol. The van der Waals surface area contributed by atoms with E-state index >= 15 is 0 Å². The summed E-state index contributed by atoms with van der Waals surface area (Å²) in [5, 5.41) is 0.416. The van der Waals surface area contributed by atoms with Gasteiger partial charge in [0.2, 0.25) is 0 Å². The number of methoxy groups -OCH3 is 1. The average Bonchev–Trinajstić information content (AvgIpc) is 3.33.